The second-order valence-electron chi connectivity index (χ2n) is 5.54. The van der Waals surface area contributed by atoms with Crippen LogP contribution in [0.25, 0.3) is 0 Å². The third kappa shape index (κ3) is 4.74. The van der Waals surface area contributed by atoms with Gasteiger partial charge in [0.05, 0.1) is 11.0 Å². The number of thioether (sulfide) groups is 1. The van der Waals surface area contributed by atoms with Crippen LogP contribution in [0.3, 0.4) is 0 Å². The highest BCUT2D eigenvalue weighted by Crippen LogP contribution is 2.37. The maximum Gasteiger partial charge on any atom is 0.153 e. The van der Waals surface area contributed by atoms with E-state index in [1.54, 1.807) is 13.8 Å². The van der Waals surface area contributed by atoms with E-state index in [1.165, 1.54) is 32.1 Å². The van der Waals surface area contributed by atoms with Gasteiger partial charge in [-0.15, -0.1) is 0 Å². The van der Waals surface area contributed by atoms with Crippen LogP contribution < -0.4 is 5.32 Å². The summed E-state index contributed by atoms with van der Waals surface area (Å²) in [6.45, 7) is 5.03. The van der Waals surface area contributed by atoms with Crippen molar-refractivity contribution in [1.82, 2.24) is 5.32 Å². The normalized spacial score (nSPS) is 20.2. The number of nitrogens with one attached hydrogen (secondary N) is 1. The zero-order valence-electron chi connectivity index (χ0n) is 11.9. The molecule has 0 saturated heterocycles. The number of rotatable bonds is 7. The summed E-state index contributed by atoms with van der Waals surface area (Å²) in [5.41, 5.74) is 0. The van der Waals surface area contributed by atoms with E-state index in [2.05, 4.69) is 11.6 Å². The van der Waals surface area contributed by atoms with Gasteiger partial charge in [0.15, 0.2) is 9.84 Å². The fraction of sp³-hybridized carbons (Fsp3) is 1.00. The molecule has 0 bridgehead atoms. The average molecular weight is 293 g/mol. The van der Waals surface area contributed by atoms with Gasteiger partial charge >= 0.3 is 0 Å². The smallest absolute Gasteiger partial charge is 0.153 e. The van der Waals surface area contributed by atoms with E-state index in [1.807, 2.05) is 11.8 Å². The molecule has 0 spiro atoms. The molecule has 0 aromatic carbocycles. The highest BCUT2D eigenvalue weighted by atomic mass is 32.2. The molecule has 3 nitrogen and oxygen atoms in total. The van der Waals surface area contributed by atoms with Crippen LogP contribution in [-0.2, 0) is 9.84 Å². The molecule has 1 N–H and O–H groups in total. The van der Waals surface area contributed by atoms with Crippen molar-refractivity contribution >= 4 is 21.6 Å². The SMILES string of the molecule is CSC1(CNCCS(=O)(=O)C(C)C)CCCCC1. The summed E-state index contributed by atoms with van der Waals surface area (Å²) < 4.78 is 23.7. The van der Waals surface area contributed by atoms with E-state index in [9.17, 15) is 8.42 Å². The van der Waals surface area contributed by atoms with Crippen molar-refractivity contribution in [2.24, 2.45) is 0 Å². The minimum absolute atomic E-state index is 0.259. The lowest BCUT2D eigenvalue weighted by atomic mass is 9.88. The van der Waals surface area contributed by atoms with E-state index in [0.717, 1.165) is 6.54 Å². The molecule has 1 rings (SSSR count). The van der Waals surface area contributed by atoms with Crippen LogP contribution in [-0.4, -0.2) is 43.5 Å². The van der Waals surface area contributed by atoms with Crippen LogP contribution in [0.4, 0.5) is 0 Å². The molecule has 1 aliphatic carbocycles. The molecule has 18 heavy (non-hydrogen) atoms. The Morgan fingerprint density at radius 2 is 1.83 bits per heavy atom. The molecular weight excluding hydrogens is 266 g/mol. The molecule has 1 aliphatic rings. The van der Waals surface area contributed by atoms with Crippen LogP contribution in [0, 0.1) is 0 Å². The molecule has 1 fully saturated rings. The summed E-state index contributed by atoms with van der Waals surface area (Å²) in [5.74, 6) is 0.259. The predicted molar refractivity (Wildman–Crippen MR) is 81.1 cm³/mol. The molecule has 0 radical (unpaired) electrons. The molecule has 0 atom stereocenters. The average Bonchev–Trinajstić information content (AvgIpc) is 2.36. The molecule has 0 heterocycles. The highest BCUT2D eigenvalue weighted by molar-refractivity contribution is 8.00. The van der Waals surface area contributed by atoms with Gasteiger partial charge in [0, 0.05) is 17.8 Å². The third-order valence-electron chi connectivity index (χ3n) is 3.93. The van der Waals surface area contributed by atoms with Crippen LogP contribution in [0.1, 0.15) is 46.0 Å². The van der Waals surface area contributed by atoms with Crippen LogP contribution >= 0.6 is 11.8 Å². The van der Waals surface area contributed by atoms with Crippen molar-refractivity contribution in [1.29, 1.82) is 0 Å². The Morgan fingerprint density at radius 3 is 2.33 bits per heavy atom. The van der Waals surface area contributed by atoms with Gasteiger partial charge in [-0.05, 0) is 32.9 Å². The summed E-state index contributed by atoms with van der Waals surface area (Å²) in [6.07, 6.45) is 8.68. The quantitative estimate of drug-likeness (QED) is 0.733. The summed E-state index contributed by atoms with van der Waals surface area (Å²) in [6, 6.07) is 0. The maximum atomic E-state index is 11.7. The van der Waals surface area contributed by atoms with Gasteiger partial charge in [-0.2, -0.15) is 11.8 Å². The Kier molecular flexibility index (Phi) is 6.48. The fourth-order valence-electron chi connectivity index (χ4n) is 2.42. The standard InChI is InChI=1S/C13H27NO2S2/c1-12(2)18(15,16)10-9-14-11-13(17-3)7-5-4-6-8-13/h12,14H,4-11H2,1-3H3. The summed E-state index contributed by atoms with van der Waals surface area (Å²) in [7, 11) is -2.90. The van der Waals surface area contributed by atoms with E-state index in [0.29, 0.717) is 11.3 Å². The molecule has 0 aromatic heterocycles. The lowest BCUT2D eigenvalue weighted by Gasteiger charge is -2.36. The van der Waals surface area contributed by atoms with E-state index < -0.39 is 9.84 Å². The fourth-order valence-corrected chi connectivity index (χ4v) is 4.26. The molecule has 0 unspecified atom stereocenters. The topological polar surface area (TPSA) is 46.2 Å². The molecule has 0 aromatic rings. The van der Waals surface area contributed by atoms with E-state index >= 15 is 0 Å². The van der Waals surface area contributed by atoms with Gasteiger partial charge in [0.25, 0.3) is 0 Å². The van der Waals surface area contributed by atoms with Gasteiger partial charge in [-0.1, -0.05) is 19.3 Å². The van der Waals surface area contributed by atoms with Gasteiger partial charge < -0.3 is 5.32 Å². The van der Waals surface area contributed by atoms with E-state index in [4.69, 9.17) is 0 Å². The first kappa shape index (κ1) is 16.3. The second-order valence-corrected chi connectivity index (χ2v) is 9.49. The number of hydrogen-bond donors (Lipinski definition) is 1. The van der Waals surface area contributed by atoms with Gasteiger partial charge in [0.2, 0.25) is 0 Å². The predicted octanol–water partition coefficient (Wildman–Crippen LogP) is 2.47. The number of hydrogen-bond acceptors (Lipinski definition) is 4. The molecule has 0 amide bonds. The van der Waals surface area contributed by atoms with Crippen molar-refractivity contribution in [3.05, 3.63) is 0 Å². The largest absolute Gasteiger partial charge is 0.314 e. The van der Waals surface area contributed by atoms with Crippen molar-refractivity contribution in [3.63, 3.8) is 0 Å². The van der Waals surface area contributed by atoms with Gasteiger partial charge in [-0.3, -0.25) is 0 Å². The first-order valence-electron chi connectivity index (χ1n) is 6.89. The van der Waals surface area contributed by atoms with Gasteiger partial charge in [-0.25, -0.2) is 8.42 Å². The highest BCUT2D eigenvalue weighted by Gasteiger charge is 2.30. The molecule has 1 saturated carbocycles. The van der Waals surface area contributed by atoms with Crippen LogP contribution in [0.15, 0.2) is 0 Å². The minimum Gasteiger partial charge on any atom is -0.314 e. The van der Waals surface area contributed by atoms with Crippen LogP contribution in [0.5, 0.6) is 0 Å². The first-order chi connectivity index (χ1) is 8.42. The Bertz CT molecular complexity index is 333. The Hall–Kier alpha value is 0.260. The zero-order valence-corrected chi connectivity index (χ0v) is 13.5. The Balaban J connectivity index is 2.32. The second kappa shape index (κ2) is 7.15. The van der Waals surface area contributed by atoms with E-state index in [-0.39, 0.29) is 11.0 Å². The molecular formula is C13H27NO2S2. The summed E-state index contributed by atoms with van der Waals surface area (Å²) >= 11 is 1.95. The number of sulfone groups is 1. The van der Waals surface area contributed by atoms with Crippen molar-refractivity contribution in [2.75, 3.05) is 25.1 Å². The molecule has 108 valence electrons. The summed E-state index contributed by atoms with van der Waals surface area (Å²) in [5, 5.41) is 3.10. The maximum absolute atomic E-state index is 11.7. The van der Waals surface area contributed by atoms with Crippen molar-refractivity contribution < 1.29 is 8.42 Å². The van der Waals surface area contributed by atoms with Crippen molar-refractivity contribution in [2.45, 2.75) is 55.9 Å². The zero-order chi connectivity index (χ0) is 13.6. The Morgan fingerprint density at radius 1 is 1.22 bits per heavy atom. The van der Waals surface area contributed by atoms with Crippen LogP contribution in [0.2, 0.25) is 0 Å². The molecule has 0 aliphatic heterocycles. The Labute approximate surface area is 116 Å². The monoisotopic (exact) mass is 293 g/mol. The minimum atomic E-state index is -2.90. The van der Waals surface area contributed by atoms with Crippen molar-refractivity contribution in [3.8, 4) is 0 Å². The molecule has 5 heteroatoms. The third-order valence-corrected chi connectivity index (χ3v) is 7.55. The summed E-state index contributed by atoms with van der Waals surface area (Å²) in [4.78, 5) is 0. The first-order valence-corrected chi connectivity index (χ1v) is 9.83. The lowest BCUT2D eigenvalue weighted by molar-refractivity contribution is 0.382. The lowest BCUT2D eigenvalue weighted by Crippen LogP contribution is -2.41. The van der Waals surface area contributed by atoms with Gasteiger partial charge in [0.1, 0.15) is 0 Å².